The molecule has 3 rings (SSSR count). The van der Waals surface area contributed by atoms with Gasteiger partial charge in [0.25, 0.3) is 5.91 Å². The molecule has 7 nitrogen and oxygen atoms in total. The third kappa shape index (κ3) is 5.18. The van der Waals surface area contributed by atoms with Gasteiger partial charge in [-0.1, -0.05) is 11.8 Å². The van der Waals surface area contributed by atoms with Crippen molar-refractivity contribution in [3.8, 4) is 0 Å². The fraction of sp³-hybridized carbons (Fsp3) is 0.524. The zero-order valence-corrected chi connectivity index (χ0v) is 18.3. The number of amides is 2. The highest BCUT2D eigenvalue weighted by Crippen LogP contribution is 2.19. The summed E-state index contributed by atoms with van der Waals surface area (Å²) >= 11 is 1.52. The Kier molecular flexibility index (Phi) is 6.95. The third-order valence-electron chi connectivity index (χ3n) is 5.42. The lowest BCUT2D eigenvalue weighted by Crippen LogP contribution is -2.46. The van der Waals surface area contributed by atoms with Crippen LogP contribution in [0.4, 0.5) is 0 Å². The number of piperidine rings is 1. The first-order valence-electron chi connectivity index (χ1n) is 9.90. The zero-order valence-electron chi connectivity index (χ0n) is 17.4. The van der Waals surface area contributed by atoms with Gasteiger partial charge in [-0.2, -0.15) is 0 Å². The summed E-state index contributed by atoms with van der Waals surface area (Å²) in [4.78, 5) is 35.8. The summed E-state index contributed by atoms with van der Waals surface area (Å²) in [6, 6.07) is 1.84. The van der Waals surface area contributed by atoms with E-state index >= 15 is 0 Å². The van der Waals surface area contributed by atoms with Gasteiger partial charge in [-0.3, -0.25) is 9.59 Å². The van der Waals surface area contributed by atoms with Crippen molar-refractivity contribution < 1.29 is 14.0 Å². The minimum absolute atomic E-state index is 0.0630. The Morgan fingerprint density at radius 1 is 1.21 bits per heavy atom. The van der Waals surface area contributed by atoms with Crippen molar-refractivity contribution in [1.29, 1.82) is 0 Å². The van der Waals surface area contributed by atoms with Gasteiger partial charge in [0.1, 0.15) is 0 Å². The summed E-state index contributed by atoms with van der Waals surface area (Å²) in [5.74, 6) is 0.324. The van der Waals surface area contributed by atoms with Crippen LogP contribution in [0.3, 0.4) is 0 Å². The van der Waals surface area contributed by atoms with Crippen molar-refractivity contribution in [2.45, 2.75) is 57.7 Å². The number of rotatable bonds is 6. The van der Waals surface area contributed by atoms with E-state index < -0.39 is 0 Å². The van der Waals surface area contributed by atoms with Crippen LogP contribution in [-0.4, -0.2) is 52.1 Å². The second-order valence-electron chi connectivity index (χ2n) is 7.42. The quantitative estimate of drug-likeness (QED) is 0.575. The van der Waals surface area contributed by atoms with Crippen molar-refractivity contribution in [3.05, 3.63) is 40.6 Å². The number of aromatic nitrogens is 2. The van der Waals surface area contributed by atoms with Crippen molar-refractivity contribution >= 4 is 23.6 Å². The van der Waals surface area contributed by atoms with E-state index in [9.17, 15) is 9.59 Å². The lowest BCUT2D eigenvalue weighted by molar-refractivity contribution is -0.132. The number of hydrogen-bond donors (Lipinski definition) is 1. The second kappa shape index (κ2) is 9.43. The molecule has 1 aliphatic heterocycles. The van der Waals surface area contributed by atoms with Gasteiger partial charge in [0.05, 0.1) is 6.26 Å². The van der Waals surface area contributed by atoms with E-state index in [1.54, 1.807) is 6.07 Å². The Hall–Kier alpha value is -2.35. The SMILES string of the molecule is CSc1nc(C)c(CCC(=O)N2CCC(NC(=O)c3occc3C)CC2)c(C)n1. The molecular weight excluding hydrogens is 388 g/mol. The number of carbonyl (C=O) groups is 2. The zero-order chi connectivity index (χ0) is 21.0. The van der Waals surface area contributed by atoms with Gasteiger partial charge >= 0.3 is 0 Å². The van der Waals surface area contributed by atoms with Crippen LogP contribution in [0.2, 0.25) is 0 Å². The van der Waals surface area contributed by atoms with Gasteiger partial charge in [-0.05, 0) is 57.9 Å². The molecule has 1 fully saturated rings. The minimum atomic E-state index is -0.183. The molecule has 0 saturated carbocycles. The Morgan fingerprint density at radius 2 is 1.86 bits per heavy atom. The molecule has 3 heterocycles. The molecule has 2 aromatic heterocycles. The standard InChI is InChI=1S/C21H28N4O3S/c1-13-9-12-28-19(13)20(27)24-16-7-10-25(11-8-16)18(26)6-5-17-14(2)22-21(29-4)23-15(17)3/h9,12,16H,5-8,10-11H2,1-4H3,(H,24,27). The van der Waals surface area contributed by atoms with E-state index in [0.717, 1.165) is 40.5 Å². The van der Waals surface area contributed by atoms with Crippen LogP contribution < -0.4 is 5.32 Å². The number of likely N-dealkylation sites (tertiary alicyclic amines) is 1. The number of nitrogens with one attached hydrogen (secondary N) is 1. The fourth-order valence-corrected chi connectivity index (χ4v) is 4.14. The normalized spacial score (nSPS) is 14.8. The molecular formula is C21H28N4O3S. The number of thioether (sulfide) groups is 1. The molecule has 156 valence electrons. The van der Waals surface area contributed by atoms with Crippen molar-refractivity contribution in [3.63, 3.8) is 0 Å². The van der Waals surface area contributed by atoms with Crippen molar-refractivity contribution in [2.75, 3.05) is 19.3 Å². The average Bonchev–Trinajstić information content (AvgIpc) is 3.13. The topological polar surface area (TPSA) is 88.3 Å². The first-order chi connectivity index (χ1) is 13.9. The van der Waals surface area contributed by atoms with E-state index in [1.165, 1.54) is 18.0 Å². The van der Waals surface area contributed by atoms with Crippen LogP contribution in [0.1, 0.15) is 52.3 Å². The van der Waals surface area contributed by atoms with Gasteiger partial charge in [-0.25, -0.2) is 9.97 Å². The van der Waals surface area contributed by atoms with E-state index in [4.69, 9.17) is 4.42 Å². The molecule has 2 amide bonds. The van der Waals surface area contributed by atoms with Crippen LogP contribution in [0.5, 0.6) is 0 Å². The Balaban J connectivity index is 1.48. The van der Waals surface area contributed by atoms with Crippen molar-refractivity contribution in [1.82, 2.24) is 20.2 Å². The maximum absolute atomic E-state index is 12.7. The molecule has 1 N–H and O–H groups in total. The average molecular weight is 417 g/mol. The monoisotopic (exact) mass is 416 g/mol. The summed E-state index contributed by atoms with van der Waals surface area (Å²) in [5, 5.41) is 3.78. The molecule has 8 heteroatoms. The van der Waals surface area contributed by atoms with Crippen LogP contribution >= 0.6 is 11.8 Å². The van der Waals surface area contributed by atoms with Crippen LogP contribution in [0.25, 0.3) is 0 Å². The van der Waals surface area contributed by atoms with Gasteiger partial charge in [0.15, 0.2) is 10.9 Å². The number of nitrogens with zero attached hydrogens (tertiary/aromatic N) is 3. The Morgan fingerprint density at radius 3 is 2.41 bits per heavy atom. The Bertz CT molecular complexity index is 865. The fourth-order valence-electron chi connectivity index (χ4n) is 3.68. The van der Waals surface area contributed by atoms with E-state index in [-0.39, 0.29) is 17.9 Å². The second-order valence-corrected chi connectivity index (χ2v) is 8.19. The van der Waals surface area contributed by atoms with Crippen LogP contribution in [-0.2, 0) is 11.2 Å². The smallest absolute Gasteiger partial charge is 0.287 e. The predicted molar refractivity (Wildman–Crippen MR) is 112 cm³/mol. The molecule has 0 radical (unpaired) electrons. The molecule has 1 aliphatic rings. The first kappa shape index (κ1) is 21.4. The summed E-state index contributed by atoms with van der Waals surface area (Å²) in [7, 11) is 0. The third-order valence-corrected chi connectivity index (χ3v) is 5.97. The summed E-state index contributed by atoms with van der Waals surface area (Å²) < 4.78 is 5.25. The largest absolute Gasteiger partial charge is 0.459 e. The van der Waals surface area contributed by atoms with E-state index in [0.29, 0.717) is 31.7 Å². The molecule has 0 atom stereocenters. The number of hydrogen-bond acceptors (Lipinski definition) is 6. The van der Waals surface area contributed by atoms with Gasteiger partial charge in [0, 0.05) is 42.5 Å². The minimum Gasteiger partial charge on any atom is -0.459 e. The lowest BCUT2D eigenvalue weighted by atomic mass is 10.0. The molecule has 29 heavy (non-hydrogen) atoms. The number of furan rings is 1. The highest BCUT2D eigenvalue weighted by Gasteiger charge is 2.25. The summed E-state index contributed by atoms with van der Waals surface area (Å²) in [6.07, 6.45) is 6.08. The van der Waals surface area contributed by atoms with Gasteiger partial charge < -0.3 is 14.6 Å². The maximum atomic E-state index is 12.7. The van der Waals surface area contributed by atoms with Crippen LogP contribution in [0, 0.1) is 20.8 Å². The van der Waals surface area contributed by atoms with Gasteiger partial charge in [-0.15, -0.1) is 0 Å². The Labute approximate surface area is 175 Å². The molecule has 2 aromatic rings. The first-order valence-corrected chi connectivity index (χ1v) is 11.1. The highest BCUT2D eigenvalue weighted by molar-refractivity contribution is 7.98. The molecule has 0 aromatic carbocycles. The molecule has 0 unspecified atom stereocenters. The van der Waals surface area contributed by atoms with E-state index in [1.807, 2.05) is 31.9 Å². The molecule has 0 spiro atoms. The summed E-state index contributed by atoms with van der Waals surface area (Å²) in [5.41, 5.74) is 3.79. The van der Waals surface area contributed by atoms with Crippen LogP contribution in [0.15, 0.2) is 21.9 Å². The summed E-state index contributed by atoms with van der Waals surface area (Å²) in [6.45, 7) is 7.11. The number of carbonyl (C=O) groups excluding carboxylic acids is 2. The predicted octanol–water partition coefficient (Wildman–Crippen LogP) is 3.07. The van der Waals surface area contributed by atoms with Crippen molar-refractivity contribution in [2.24, 2.45) is 0 Å². The van der Waals surface area contributed by atoms with Gasteiger partial charge in [0.2, 0.25) is 5.91 Å². The lowest BCUT2D eigenvalue weighted by Gasteiger charge is -2.32. The van der Waals surface area contributed by atoms with E-state index in [2.05, 4.69) is 15.3 Å². The maximum Gasteiger partial charge on any atom is 0.287 e. The number of aryl methyl sites for hydroxylation is 3. The molecule has 0 bridgehead atoms. The molecule has 1 saturated heterocycles. The highest BCUT2D eigenvalue weighted by atomic mass is 32.2. The molecule has 0 aliphatic carbocycles.